The maximum absolute atomic E-state index is 13.3. The minimum atomic E-state index is -0.235. The van der Waals surface area contributed by atoms with Crippen LogP contribution in [0.5, 0.6) is 0 Å². The standard InChI is InChI=1S/C14H21FN2O2/c1-18-13-8-17(9-14(13)19-2)12(7-16)10-4-3-5-11(15)6-10/h3-6,12-14H,7-9,16H2,1-2H3. The quantitative estimate of drug-likeness (QED) is 0.871. The molecule has 1 aromatic carbocycles. The lowest BCUT2D eigenvalue weighted by Crippen LogP contribution is -2.33. The molecule has 3 unspecified atom stereocenters. The van der Waals surface area contributed by atoms with Crippen molar-refractivity contribution in [1.29, 1.82) is 0 Å². The summed E-state index contributed by atoms with van der Waals surface area (Å²) in [5.74, 6) is -0.235. The molecule has 5 heteroatoms. The molecule has 1 aliphatic heterocycles. The van der Waals surface area contributed by atoms with Crippen LogP contribution >= 0.6 is 0 Å². The van der Waals surface area contributed by atoms with Gasteiger partial charge in [0.05, 0.1) is 12.2 Å². The summed E-state index contributed by atoms with van der Waals surface area (Å²) in [6.07, 6.45) is 0.0696. The third-order valence-electron chi connectivity index (χ3n) is 3.75. The Morgan fingerprint density at radius 2 is 1.95 bits per heavy atom. The van der Waals surface area contributed by atoms with Gasteiger partial charge in [-0.1, -0.05) is 12.1 Å². The lowest BCUT2D eigenvalue weighted by Gasteiger charge is -2.26. The number of rotatable bonds is 5. The zero-order chi connectivity index (χ0) is 13.8. The number of hydrogen-bond donors (Lipinski definition) is 1. The monoisotopic (exact) mass is 268 g/mol. The average molecular weight is 268 g/mol. The van der Waals surface area contributed by atoms with Crippen molar-refractivity contribution in [3.05, 3.63) is 35.6 Å². The second kappa shape index (κ2) is 6.43. The zero-order valence-electron chi connectivity index (χ0n) is 11.4. The molecule has 1 aromatic rings. The van der Waals surface area contributed by atoms with Gasteiger partial charge in [0.1, 0.15) is 5.82 Å². The minimum Gasteiger partial charge on any atom is -0.377 e. The molecule has 0 saturated carbocycles. The van der Waals surface area contributed by atoms with Gasteiger partial charge in [-0.25, -0.2) is 4.39 Å². The molecule has 0 aromatic heterocycles. The highest BCUT2D eigenvalue weighted by Crippen LogP contribution is 2.27. The van der Waals surface area contributed by atoms with Crippen molar-refractivity contribution in [3.63, 3.8) is 0 Å². The van der Waals surface area contributed by atoms with E-state index in [1.165, 1.54) is 6.07 Å². The molecule has 1 aliphatic rings. The molecule has 0 amide bonds. The van der Waals surface area contributed by atoms with E-state index in [-0.39, 0.29) is 24.1 Å². The Balaban J connectivity index is 2.15. The molecule has 2 N–H and O–H groups in total. The predicted octanol–water partition coefficient (Wildman–Crippen LogP) is 1.17. The molecular formula is C14H21FN2O2. The van der Waals surface area contributed by atoms with Crippen LogP contribution in [0.15, 0.2) is 24.3 Å². The summed E-state index contributed by atoms with van der Waals surface area (Å²) in [5, 5.41) is 0. The summed E-state index contributed by atoms with van der Waals surface area (Å²) in [4.78, 5) is 2.19. The molecule has 0 aliphatic carbocycles. The predicted molar refractivity (Wildman–Crippen MR) is 71.4 cm³/mol. The first-order chi connectivity index (χ1) is 9.19. The Hall–Kier alpha value is -1.01. The highest BCUT2D eigenvalue weighted by molar-refractivity contribution is 5.21. The van der Waals surface area contributed by atoms with E-state index in [0.29, 0.717) is 6.54 Å². The second-order valence-corrected chi connectivity index (χ2v) is 4.81. The SMILES string of the molecule is COC1CN(C(CN)c2cccc(F)c2)CC1OC. The Bertz CT molecular complexity index is 404. The van der Waals surface area contributed by atoms with Gasteiger partial charge in [-0.3, -0.25) is 4.90 Å². The van der Waals surface area contributed by atoms with E-state index in [1.54, 1.807) is 26.4 Å². The lowest BCUT2D eigenvalue weighted by molar-refractivity contribution is -0.00461. The van der Waals surface area contributed by atoms with Crippen LogP contribution in [0.2, 0.25) is 0 Å². The molecule has 1 saturated heterocycles. The smallest absolute Gasteiger partial charge is 0.123 e. The molecule has 3 atom stereocenters. The fraction of sp³-hybridized carbons (Fsp3) is 0.571. The number of ether oxygens (including phenoxy) is 2. The van der Waals surface area contributed by atoms with Crippen molar-refractivity contribution in [2.75, 3.05) is 33.9 Å². The Morgan fingerprint density at radius 3 is 2.42 bits per heavy atom. The summed E-state index contributed by atoms with van der Waals surface area (Å²) in [7, 11) is 3.36. The maximum atomic E-state index is 13.3. The molecule has 4 nitrogen and oxygen atoms in total. The number of methoxy groups -OCH3 is 2. The molecule has 0 spiro atoms. The van der Waals surface area contributed by atoms with Gasteiger partial charge in [-0.05, 0) is 17.7 Å². The minimum absolute atomic E-state index is 0.00602. The van der Waals surface area contributed by atoms with Crippen LogP contribution < -0.4 is 5.73 Å². The van der Waals surface area contributed by atoms with Crippen LogP contribution in [0.25, 0.3) is 0 Å². The molecule has 106 valence electrons. The van der Waals surface area contributed by atoms with E-state index in [9.17, 15) is 4.39 Å². The van der Waals surface area contributed by atoms with E-state index in [2.05, 4.69) is 4.90 Å². The van der Waals surface area contributed by atoms with Crippen LogP contribution in [-0.2, 0) is 9.47 Å². The largest absolute Gasteiger partial charge is 0.377 e. The maximum Gasteiger partial charge on any atom is 0.123 e. The van der Waals surface area contributed by atoms with E-state index < -0.39 is 0 Å². The fourth-order valence-corrected chi connectivity index (χ4v) is 2.69. The first-order valence-corrected chi connectivity index (χ1v) is 6.44. The summed E-state index contributed by atoms with van der Waals surface area (Å²) in [6, 6.07) is 6.60. The first-order valence-electron chi connectivity index (χ1n) is 6.44. The van der Waals surface area contributed by atoms with E-state index in [1.807, 2.05) is 6.07 Å². The van der Waals surface area contributed by atoms with Crippen LogP contribution in [0.3, 0.4) is 0 Å². The third kappa shape index (κ3) is 3.12. The van der Waals surface area contributed by atoms with Gasteiger partial charge < -0.3 is 15.2 Å². The molecule has 0 radical (unpaired) electrons. The van der Waals surface area contributed by atoms with Gasteiger partial charge >= 0.3 is 0 Å². The van der Waals surface area contributed by atoms with Crippen molar-refractivity contribution in [3.8, 4) is 0 Å². The average Bonchev–Trinajstić information content (AvgIpc) is 2.83. The Kier molecular flexibility index (Phi) is 4.87. The summed E-state index contributed by atoms with van der Waals surface area (Å²) >= 11 is 0. The molecule has 1 heterocycles. The van der Waals surface area contributed by atoms with Crippen LogP contribution in [0, 0.1) is 5.82 Å². The number of likely N-dealkylation sites (tertiary alicyclic amines) is 1. The van der Waals surface area contributed by atoms with Gasteiger partial charge in [0.2, 0.25) is 0 Å². The Morgan fingerprint density at radius 1 is 1.32 bits per heavy atom. The van der Waals surface area contributed by atoms with Crippen LogP contribution in [-0.4, -0.2) is 51.0 Å². The number of benzene rings is 1. The van der Waals surface area contributed by atoms with Crippen molar-refractivity contribution in [1.82, 2.24) is 4.90 Å². The van der Waals surface area contributed by atoms with E-state index >= 15 is 0 Å². The fourth-order valence-electron chi connectivity index (χ4n) is 2.69. The Labute approximate surface area is 113 Å². The third-order valence-corrected chi connectivity index (χ3v) is 3.75. The lowest BCUT2D eigenvalue weighted by atomic mass is 10.1. The molecule has 1 fully saturated rings. The van der Waals surface area contributed by atoms with Crippen molar-refractivity contribution in [2.45, 2.75) is 18.2 Å². The molecule has 2 rings (SSSR count). The van der Waals surface area contributed by atoms with Crippen LogP contribution in [0.1, 0.15) is 11.6 Å². The highest BCUT2D eigenvalue weighted by atomic mass is 19.1. The number of nitrogens with two attached hydrogens (primary N) is 1. The number of halogens is 1. The second-order valence-electron chi connectivity index (χ2n) is 4.81. The van der Waals surface area contributed by atoms with Crippen LogP contribution in [0.4, 0.5) is 4.39 Å². The molecule has 19 heavy (non-hydrogen) atoms. The van der Waals surface area contributed by atoms with Gasteiger partial charge in [-0.2, -0.15) is 0 Å². The van der Waals surface area contributed by atoms with Gasteiger partial charge in [0.15, 0.2) is 0 Å². The van der Waals surface area contributed by atoms with Crippen molar-refractivity contribution >= 4 is 0 Å². The van der Waals surface area contributed by atoms with Gasteiger partial charge in [-0.15, -0.1) is 0 Å². The summed E-state index contributed by atoms with van der Waals surface area (Å²) < 4.78 is 24.2. The summed E-state index contributed by atoms with van der Waals surface area (Å²) in [6.45, 7) is 1.93. The normalized spacial score (nSPS) is 25.7. The highest BCUT2D eigenvalue weighted by Gasteiger charge is 2.36. The van der Waals surface area contributed by atoms with Gasteiger partial charge in [0, 0.05) is 39.9 Å². The molecule has 0 bridgehead atoms. The topological polar surface area (TPSA) is 47.7 Å². The molecular weight excluding hydrogens is 247 g/mol. The summed E-state index contributed by atoms with van der Waals surface area (Å²) in [5.41, 5.74) is 6.76. The number of nitrogens with zero attached hydrogens (tertiary/aromatic N) is 1. The van der Waals surface area contributed by atoms with Crippen molar-refractivity contribution < 1.29 is 13.9 Å². The van der Waals surface area contributed by atoms with Crippen molar-refractivity contribution in [2.24, 2.45) is 5.73 Å². The zero-order valence-corrected chi connectivity index (χ0v) is 11.4. The number of hydrogen-bond acceptors (Lipinski definition) is 4. The van der Waals surface area contributed by atoms with Gasteiger partial charge in [0.25, 0.3) is 0 Å². The first kappa shape index (κ1) is 14.4. The van der Waals surface area contributed by atoms with E-state index in [0.717, 1.165) is 18.7 Å². The van der Waals surface area contributed by atoms with E-state index in [4.69, 9.17) is 15.2 Å².